The van der Waals surface area contributed by atoms with Gasteiger partial charge in [-0.05, 0) is 6.92 Å². The highest BCUT2D eigenvalue weighted by atomic mass is 16.5. The van der Waals surface area contributed by atoms with Crippen molar-refractivity contribution < 1.29 is 14.9 Å². The molecule has 2 N–H and O–H groups in total. The number of aliphatic hydroxyl groups is 2. The van der Waals surface area contributed by atoms with Crippen LogP contribution in [0.3, 0.4) is 0 Å². The average Bonchev–Trinajstić information content (AvgIpc) is 2.80. The molecule has 1 fully saturated rings. The zero-order chi connectivity index (χ0) is 15.6. The zero-order valence-electron chi connectivity index (χ0n) is 12.2. The Balaban J connectivity index is 2.38. The van der Waals surface area contributed by atoms with Gasteiger partial charge in [-0.2, -0.15) is 10.1 Å². The quantitative estimate of drug-likeness (QED) is 0.530. The lowest BCUT2D eigenvalue weighted by Crippen LogP contribution is -2.25. The van der Waals surface area contributed by atoms with Gasteiger partial charge < -0.3 is 19.8 Å². The minimum atomic E-state index is -0.799. The largest absolute Gasteiger partial charge is 0.394 e. The highest BCUT2D eigenvalue weighted by Crippen LogP contribution is 2.29. The SMILES string of the molecule is Cc1nn([C@H]2C[C@H](O)[C@@H](CO)O2)c(/N=C/N(C)C)nc1=O. The predicted octanol–water partition coefficient (Wildman–Crippen LogP) is -1.19. The van der Waals surface area contributed by atoms with E-state index < -0.39 is 24.0 Å². The molecular formula is C12H19N5O4. The smallest absolute Gasteiger partial charge is 0.296 e. The van der Waals surface area contributed by atoms with Gasteiger partial charge in [-0.25, -0.2) is 9.67 Å². The van der Waals surface area contributed by atoms with Crippen LogP contribution in [0.5, 0.6) is 0 Å². The molecule has 0 bridgehead atoms. The number of aromatic nitrogens is 3. The standard InChI is InChI=1S/C12H19N5O4/c1-7-11(20)14-12(13-6-16(2)3)17(15-7)10-4-8(19)9(5-18)21-10/h6,8-10,18-19H,4-5H2,1-3H3/b13-6+/t8-,9+,10+/m0/s1. The summed E-state index contributed by atoms with van der Waals surface area (Å²) >= 11 is 0. The van der Waals surface area contributed by atoms with Gasteiger partial charge in [-0.15, -0.1) is 0 Å². The number of aryl methyl sites for hydroxylation is 1. The van der Waals surface area contributed by atoms with E-state index in [2.05, 4.69) is 15.1 Å². The molecule has 0 aromatic carbocycles. The second-order valence-corrected chi connectivity index (χ2v) is 5.07. The van der Waals surface area contributed by atoms with E-state index in [1.165, 1.54) is 11.0 Å². The van der Waals surface area contributed by atoms with E-state index >= 15 is 0 Å². The molecule has 116 valence electrons. The van der Waals surface area contributed by atoms with Crippen molar-refractivity contribution in [2.75, 3.05) is 20.7 Å². The summed E-state index contributed by atoms with van der Waals surface area (Å²) in [6.45, 7) is 1.25. The number of ether oxygens (including phenoxy) is 1. The molecule has 2 heterocycles. The molecule has 0 saturated carbocycles. The Morgan fingerprint density at radius 1 is 1.57 bits per heavy atom. The van der Waals surface area contributed by atoms with E-state index in [0.717, 1.165) is 0 Å². The summed E-state index contributed by atoms with van der Waals surface area (Å²) in [4.78, 5) is 21.3. The van der Waals surface area contributed by atoms with Crippen molar-refractivity contribution in [3.05, 3.63) is 16.0 Å². The zero-order valence-corrected chi connectivity index (χ0v) is 12.2. The predicted molar refractivity (Wildman–Crippen MR) is 74.5 cm³/mol. The van der Waals surface area contributed by atoms with Gasteiger partial charge in [0.25, 0.3) is 11.5 Å². The van der Waals surface area contributed by atoms with Crippen molar-refractivity contribution in [1.82, 2.24) is 19.7 Å². The van der Waals surface area contributed by atoms with Gasteiger partial charge >= 0.3 is 0 Å². The summed E-state index contributed by atoms with van der Waals surface area (Å²) in [5.41, 5.74) is -0.251. The summed E-state index contributed by atoms with van der Waals surface area (Å²) in [5, 5.41) is 23.1. The lowest BCUT2D eigenvalue weighted by atomic mass is 10.2. The number of aliphatic hydroxyl groups excluding tert-OH is 2. The highest BCUT2D eigenvalue weighted by Gasteiger charge is 2.36. The minimum absolute atomic E-state index is 0.0927. The average molecular weight is 297 g/mol. The van der Waals surface area contributed by atoms with Gasteiger partial charge in [0.1, 0.15) is 11.8 Å². The molecule has 1 aromatic heterocycles. The van der Waals surface area contributed by atoms with Crippen LogP contribution >= 0.6 is 0 Å². The molecule has 3 atom stereocenters. The third kappa shape index (κ3) is 3.43. The van der Waals surface area contributed by atoms with Gasteiger partial charge in [0, 0.05) is 20.5 Å². The molecule has 0 radical (unpaired) electrons. The molecule has 0 amide bonds. The van der Waals surface area contributed by atoms with Crippen molar-refractivity contribution in [3.8, 4) is 0 Å². The van der Waals surface area contributed by atoms with Crippen LogP contribution in [-0.4, -0.2) is 69.1 Å². The van der Waals surface area contributed by atoms with E-state index in [1.807, 2.05) is 0 Å². The number of nitrogens with zero attached hydrogens (tertiary/aromatic N) is 5. The first kappa shape index (κ1) is 15.5. The Labute approximate surface area is 121 Å². The van der Waals surface area contributed by atoms with Gasteiger partial charge in [0.05, 0.1) is 19.0 Å². The summed E-state index contributed by atoms with van der Waals surface area (Å²) in [6.07, 6.45) is -0.371. The van der Waals surface area contributed by atoms with Crippen LogP contribution in [0.15, 0.2) is 9.79 Å². The molecule has 1 aliphatic rings. The summed E-state index contributed by atoms with van der Waals surface area (Å²) in [5.74, 6) is 0.0927. The fourth-order valence-electron chi connectivity index (χ4n) is 1.95. The normalized spacial score (nSPS) is 25.7. The lowest BCUT2D eigenvalue weighted by molar-refractivity contribution is -0.0487. The van der Waals surface area contributed by atoms with E-state index in [4.69, 9.17) is 9.84 Å². The first-order valence-corrected chi connectivity index (χ1v) is 6.55. The monoisotopic (exact) mass is 297 g/mol. The fourth-order valence-corrected chi connectivity index (χ4v) is 1.95. The summed E-state index contributed by atoms with van der Waals surface area (Å²) in [6, 6.07) is 0. The molecule has 1 saturated heterocycles. The van der Waals surface area contributed by atoms with E-state index in [-0.39, 0.29) is 24.7 Å². The van der Waals surface area contributed by atoms with Crippen molar-refractivity contribution in [2.45, 2.75) is 31.8 Å². The van der Waals surface area contributed by atoms with Crippen molar-refractivity contribution in [2.24, 2.45) is 4.99 Å². The van der Waals surface area contributed by atoms with E-state index in [0.29, 0.717) is 0 Å². The molecule has 9 nitrogen and oxygen atoms in total. The summed E-state index contributed by atoms with van der Waals surface area (Å²) < 4.78 is 6.88. The Hall–Kier alpha value is -1.84. The number of aliphatic imine (C=N–C) groups is 1. The van der Waals surface area contributed by atoms with Crippen LogP contribution in [0, 0.1) is 6.92 Å². The van der Waals surface area contributed by atoms with E-state index in [1.54, 1.807) is 25.9 Å². The molecule has 2 rings (SSSR count). The summed E-state index contributed by atoms with van der Waals surface area (Å²) in [7, 11) is 3.57. The van der Waals surface area contributed by atoms with Gasteiger partial charge in [-0.3, -0.25) is 4.79 Å². The molecule has 1 aromatic rings. The molecule has 1 aliphatic heterocycles. The topological polar surface area (TPSA) is 113 Å². The molecule has 21 heavy (non-hydrogen) atoms. The van der Waals surface area contributed by atoms with Crippen molar-refractivity contribution >= 4 is 12.3 Å². The Kier molecular flexibility index (Phi) is 4.66. The lowest BCUT2D eigenvalue weighted by Gasteiger charge is -2.16. The Bertz CT molecular complexity index is 586. The van der Waals surface area contributed by atoms with Crippen LogP contribution in [0.2, 0.25) is 0 Å². The second kappa shape index (κ2) is 6.29. The molecular weight excluding hydrogens is 278 g/mol. The molecule has 0 spiro atoms. The Morgan fingerprint density at radius 3 is 2.86 bits per heavy atom. The third-order valence-electron chi connectivity index (χ3n) is 3.03. The van der Waals surface area contributed by atoms with Crippen LogP contribution in [0.25, 0.3) is 0 Å². The number of rotatable bonds is 4. The third-order valence-corrected chi connectivity index (χ3v) is 3.03. The molecule has 9 heteroatoms. The Morgan fingerprint density at radius 2 is 2.29 bits per heavy atom. The van der Waals surface area contributed by atoms with Crippen LogP contribution < -0.4 is 5.56 Å². The van der Waals surface area contributed by atoms with E-state index in [9.17, 15) is 9.90 Å². The van der Waals surface area contributed by atoms with Gasteiger partial charge in [0.2, 0.25) is 0 Å². The van der Waals surface area contributed by atoms with Crippen LogP contribution in [-0.2, 0) is 4.74 Å². The maximum atomic E-state index is 11.6. The van der Waals surface area contributed by atoms with Crippen LogP contribution in [0.1, 0.15) is 18.3 Å². The fraction of sp³-hybridized carbons (Fsp3) is 0.667. The maximum Gasteiger partial charge on any atom is 0.296 e. The first-order valence-electron chi connectivity index (χ1n) is 6.55. The molecule has 0 aliphatic carbocycles. The van der Waals surface area contributed by atoms with Crippen molar-refractivity contribution in [1.29, 1.82) is 0 Å². The second-order valence-electron chi connectivity index (χ2n) is 5.07. The number of hydrogen-bond donors (Lipinski definition) is 2. The van der Waals surface area contributed by atoms with Gasteiger partial charge in [-0.1, -0.05) is 0 Å². The minimum Gasteiger partial charge on any atom is -0.394 e. The van der Waals surface area contributed by atoms with Crippen LogP contribution in [0.4, 0.5) is 5.95 Å². The molecule has 0 unspecified atom stereocenters. The van der Waals surface area contributed by atoms with Crippen molar-refractivity contribution in [3.63, 3.8) is 0 Å². The number of hydrogen-bond acceptors (Lipinski definition) is 7. The maximum absolute atomic E-state index is 11.6. The highest BCUT2D eigenvalue weighted by molar-refractivity contribution is 5.57. The van der Waals surface area contributed by atoms with Gasteiger partial charge in [0.15, 0.2) is 6.23 Å². The first-order chi connectivity index (χ1) is 9.92.